The van der Waals surface area contributed by atoms with E-state index in [1.807, 2.05) is 37.3 Å². The molecule has 0 aliphatic carbocycles. The summed E-state index contributed by atoms with van der Waals surface area (Å²) in [6.45, 7) is 3.01. The van der Waals surface area contributed by atoms with Gasteiger partial charge in [0.1, 0.15) is 18.5 Å². The van der Waals surface area contributed by atoms with Gasteiger partial charge in [-0.15, -0.1) is 0 Å². The lowest BCUT2D eigenvalue weighted by atomic mass is 10.2. The number of epoxide rings is 1. The molecule has 144 valence electrons. The van der Waals surface area contributed by atoms with Crippen molar-refractivity contribution in [1.82, 2.24) is 0 Å². The van der Waals surface area contributed by atoms with E-state index >= 15 is 0 Å². The number of benzene rings is 3. The number of aryl methyl sites for hydroxylation is 1. The van der Waals surface area contributed by atoms with Gasteiger partial charge in [-0.25, -0.2) is 12.7 Å². The van der Waals surface area contributed by atoms with Crippen LogP contribution < -0.4 is 9.04 Å². The van der Waals surface area contributed by atoms with Gasteiger partial charge in [0.05, 0.1) is 22.9 Å². The van der Waals surface area contributed by atoms with Crippen LogP contribution in [0.5, 0.6) is 5.75 Å². The minimum Gasteiger partial charge on any atom is -0.489 e. The fraction of sp³-hybridized carbons (Fsp3) is 0.182. The monoisotopic (exact) mass is 395 g/mol. The van der Waals surface area contributed by atoms with Crippen molar-refractivity contribution in [2.75, 3.05) is 17.5 Å². The van der Waals surface area contributed by atoms with Gasteiger partial charge in [-0.2, -0.15) is 0 Å². The Balaban J connectivity index is 1.85. The zero-order chi connectivity index (χ0) is 19.6. The predicted octanol–water partition coefficient (Wildman–Crippen LogP) is 4.30. The molecule has 1 saturated heterocycles. The molecule has 4 rings (SSSR count). The Hall–Kier alpha value is -2.83. The molecule has 1 fully saturated rings. The van der Waals surface area contributed by atoms with Crippen molar-refractivity contribution in [2.45, 2.75) is 17.9 Å². The lowest BCUT2D eigenvalue weighted by molar-refractivity contribution is 0.263. The third kappa shape index (κ3) is 3.88. The van der Waals surface area contributed by atoms with Crippen LogP contribution in [-0.4, -0.2) is 27.7 Å². The molecular formula is C22H21NO4S. The van der Waals surface area contributed by atoms with Crippen LogP contribution in [0.15, 0.2) is 83.8 Å². The topological polar surface area (TPSA) is 59.1 Å². The number of rotatable bonds is 7. The maximum atomic E-state index is 13.6. The van der Waals surface area contributed by atoms with Crippen LogP contribution in [0, 0.1) is 6.92 Å². The summed E-state index contributed by atoms with van der Waals surface area (Å²) in [5, 5.41) is 0. The highest BCUT2D eigenvalue weighted by atomic mass is 32.2. The van der Waals surface area contributed by atoms with Gasteiger partial charge in [0.15, 0.2) is 0 Å². The zero-order valence-corrected chi connectivity index (χ0v) is 16.3. The van der Waals surface area contributed by atoms with E-state index in [9.17, 15) is 8.42 Å². The summed E-state index contributed by atoms with van der Waals surface area (Å²) in [7, 11) is -3.84. The summed E-state index contributed by atoms with van der Waals surface area (Å²) in [5.41, 5.74) is 2.00. The smallest absolute Gasteiger partial charge is 0.268 e. The molecule has 1 unspecified atom stereocenters. The Labute approximate surface area is 165 Å². The molecule has 0 amide bonds. The van der Waals surface area contributed by atoms with E-state index in [4.69, 9.17) is 9.47 Å². The normalized spacial score (nSPS) is 15.8. The van der Waals surface area contributed by atoms with Crippen LogP contribution in [0.1, 0.15) is 5.56 Å². The van der Waals surface area contributed by atoms with E-state index in [0.29, 0.717) is 30.3 Å². The van der Waals surface area contributed by atoms with Crippen molar-refractivity contribution in [3.63, 3.8) is 0 Å². The first-order valence-corrected chi connectivity index (χ1v) is 10.5. The zero-order valence-electron chi connectivity index (χ0n) is 15.5. The average Bonchev–Trinajstić information content (AvgIpc) is 3.54. The van der Waals surface area contributed by atoms with Crippen molar-refractivity contribution < 1.29 is 17.9 Å². The first-order valence-electron chi connectivity index (χ1n) is 9.06. The molecule has 0 saturated carbocycles. The Morgan fingerprint density at radius 3 is 2.29 bits per heavy atom. The van der Waals surface area contributed by atoms with Crippen molar-refractivity contribution >= 4 is 21.4 Å². The van der Waals surface area contributed by atoms with Gasteiger partial charge in [-0.05, 0) is 48.9 Å². The number of ether oxygens (including phenoxy) is 2. The maximum Gasteiger partial charge on any atom is 0.268 e. The van der Waals surface area contributed by atoms with Crippen LogP contribution in [0.25, 0.3) is 0 Å². The summed E-state index contributed by atoms with van der Waals surface area (Å²) >= 11 is 0. The van der Waals surface area contributed by atoms with E-state index in [2.05, 4.69) is 0 Å². The molecule has 0 bridgehead atoms. The average molecular weight is 395 g/mol. The molecule has 0 aromatic heterocycles. The highest BCUT2D eigenvalue weighted by molar-refractivity contribution is 7.93. The Morgan fingerprint density at radius 1 is 1.00 bits per heavy atom. The Morgan fingerprint density at radius 2 is 1.64 bits per heavy atom. The summed E-state index contributed by atoms with van der Waals surface area (Å²) in [6, 6.07) is 23.0. The molecule has 3 aromatic carbocycles. The maximum absolute atomic E-state index is 13.6. The van der Waals surface area contributed by atoms with Crippen molar-refractivity contribution in [1.29, 1.82) is 0 Å². The van der Waals surface area contributed by atoms with E-state index < -0.39 is 10.0 Å². The van der Waals surface area contributed by atoms with Crippen LogP contribution in [0.4, 0.5) is 11.4 Å². The quantitative estimate of drug-likeness (QED) is 0.560. The predicted molar refractivity (Wildman–Crippen MR) is 109 cm³/mol. The van der Waals surface area contributed by atoms with Crippen LogP contribution in [0.3, 0.4) is 0 Å². The number of sulfonamides is 1. The number of hydrogen-bond acceptors (Lipinski definition) is 4. The van der Waals surface area contributed by atoms with Crippen molar-refractivity contribution in [2.24, 2.45) is 0 Å². The number of hydrogen-bond donors (Lipinski definition) is 0. The van der Waals surface area contributed by atoms with Gasteiger partial charge < -0.3 is 9.47 Å². The van der Waals surface area contributed by atoms with Gasteiger partial charge in [0, 0.05) is 0 Å². The second kappa shape index (κ2) is 7.66. The number of anilines is 2. The summed E-state index contributed by atoms with van der Waals surface area (Å²) in [6.07, 6.45) is 0.0734. The SMILES string of the molecule is Cc1ccc(N(c2ccccc2)S(=O)(=O)c2ccccc2)c(OCC2CO2)c1. The second-order valence-electron chi connectivity index (χ2n) is 6.66. The van der Waals surface area contributed by atoms with Gasteiger partial charge in [0.25, 0.3) is 10.0 Å². The third-order valence-electron chi connectivity index (χ3n) is 4.43. The van der Waals surface area contributed by atoms with Gasteiger partial charge in [-0.3, -0.25) is 0 Å². The summed E-state index contributed by atoms with van der Waals surface area (Å²) < 4.78 is 39.6. The first kappa shape index (κ1) is 18.5. The van der Waals surface area contributed by atoms with Crippen molar-refractivity contribution in [3.8, 4) is 5.75 Å². The van der Waals surface area contributed by atoms with Crippen LogP contribution in [0.2, 0.25) is 0 Å². The molecular weight excluding hydrogens is 374 g/mol. The molecule has 6 heteroatoms. The minimum atomic E-state index is -3.84. The van der Waals surface area contributed by atoms with E-state index in [0.717, 1.165) is 5.56 Å². The largest absolute Gasteiger partial charge is 0.489 e. The summed E-state index contributed by atoms with van der Waals surface area (Å²) in [4.78, 5) is 0.218. The molecule has 0 N–H and O–H groups in total. The standard InChI is InChI=1S/C22H21NO4S/c1-17-12-13-21(22(14-17)27-16-19-15-26-19)23(18-8-4-2-5-9-18)28(24,25)20-10-6-3-7-11-20/h2-14,19H,15-16H2,1H3. The fourth-order valence-electron chi connectivity index (χ4n) is 2.92. The first-order chi connectivity index (χ1) is 13.6. The molecule has 1 aliphatic heterocycles. The minimum absolute atomic E-state index is 0.0734. The molecule has 1 heterocycles. The van der Waals surface area contributed by atoms with E-state index in [-0.39, 0.29) is 11.0 Å². The molecule has 1 aliphatic rings. The molecule has 3 aromatic rings. The van der Waals surface area contributed by atoms with Gasteiger partial charge >= 0.3 is 0 Å². The highest BCUT2D eigenvalue weighted by Gasteiger charge is 2.30. The number of nitrogens with zero attached hydrogens (tertiary/aromatic N) is 1. The van der Waals surface area contributed by atoms with Crippen LogP contribution in [-0.2, 0) is 14.8 Å². The summed E-state index contributed by atoms with van der Waals surface area (Å²) in [5.74, 6) is 0.513. The van der Waals surface area contributed by atoms with Crippen LogP contribution >= 0.6 is 0 Å². The molecule has 0 spiro atoms. The van der Waals surface area contributed by atoms with Gasteiger partial charge in [0.2, 0.25) is 0 Å². The number of para-hydroxylation sites is 1. The lowest BCUT2D eigenvalue weighted by Gasteiger charge is -2.26. The van der Waals surface area contributed by atoms with E-state index in [1.54, 1.807) is 48.5 Å². The Kier molecular flexibility index (Phi) is 5.07. The molecule has 5 nitrogen and oxygen atoms in total. The lowest BCUT2D eigenvalue weighted by Crippen LogP contribution is -2.27. The third-order valence-corrected chi connectivity index (χ3v) is 6.19. The van der Waals surface area contributed by atoms with E-state index in [1.165, 1.54) is 4.31 Å². The molecule has 1 atom stereocenters. The van der Waals surface area contributed by atoms with Crippen molar-refractivity contribution in [3.05, 3.63) is 84.4 Å². The fourth-order valence-corrected chi connectivity index (χ4v) is 4.44. The van der Waals surface area contributed by atoms with Gasteiger partial charge in [-0.1, -0.05) is 42.5 Å². The molecule has 28 heavy (non-hydrogen) atoms. The molecule has 0 radical (unpaired) electrons. The highest BCUT2D eigenvalue weighted by Crippen LogP contribution is 2.39. The second-order valence-corrected chi connectivity index (χ2v) is 8.44. The Bertz CT molecular complexity index is 1050.